The molecule has 8 heteroatoms. The Kier molecular flexibility index (Phi) is 6.58. The van der Waals surface area contributed by atoms with E-state index in [1.54, 1.807) is 12.4 Å². The molecule has 3 aromatic rings. The zero-order valence-electron chi connectivity index (χ0n) is 14.3. The summed E-state index contributed by atoms with van der Waals surface area (Å²) >= 11 is 0. The number of imidazole rings is 1. The van der Waals surface area contributed by atoms with E-state index >= 15 is 0 Å². The summed E-state index contributed by atoms with van der Waals surface area (Å²) in [5.74, 6) is 0.901. The quantitative estimate of drug-likeness (QED) is 0.726. The summed E-state index contributed by atoms with van der Waals surface area (Å²) in [6.45, 7) is 2.14. The third kappa shape index (κ3) is 3.53. The van der Waals surface area contributed by atoms with Gasteiger partial charge in [-0.3, -0.25) is 9.78 Å². The number of rotatable bonds is 2. The van der Waals surface area contributed by atoms with Gasteiger partial charge < -0.3 is 14.8 Å². The van der Waals surface area contributed by atoms with E-state index in [1.165, 1.54) is 0 Å². The minimum Gasteiger partial charge on any atom is -0.336 e. The van der Waals surface area contributed by atoms with Gasteiger partial charge in [0.25, 0.3) is 5.91 Å². The molecule has 1 saturated heterocycles. The second-order valence-electron chi connectivity index (χ2n) is 6.00. The summed E-state index contributed by atoms with van der Waals surface area (Å²) < 4.78 is 1.97. The fourth-order valence-corrected chi connectivity index (χ4v) is 3.31. The number of amides is 1. The fourth-order valence-electron chi connectivity index (χ4n) is 3.31. The number of benzene rings is 1. The van der Waals surface area contributed by atoms with Crippen molar-refractivity contribution in [3.05, 3.63) is 60.3 Å². The number of hydrogen-bond acceptors (Lipinski definition) is 4. The Bertz CT molecular complexity index is 893. The second-order valence-corrected chi connectivity index (χ2v) is 6.00. The van der Waals surface area contributed by atoms with Crippen LogP contribution in [0.1, 0.15) is 22.2 Å². The van der Waals surface area contributed by atoms with Crippen LogP contribution in [0.15, 0.2) is 48.9 Å². The number of fused-ring (bicyclic) bond motifs is 1. The molecule has 0 saturated carbocycles. The van der Waals surface area contributed by atoms with Crippen LogP contribution < -0.4 is 5.32 Å². The Labute approximate surface area is 164 Å². The van der Waals surface area contributed by atoms with Crippen LogP contribution in [-0.2, 0) is 7.05 Å². The first-order chi connectivity index (χ1) is 11.8. The van der Waals surface area contributed by atoms with Gasteiger partial charge in [-0.05, 0) is 12.1 Å². The Balaban J connectivity index is 0.00000121. The molecule has 1 fully saturated rings. The zero-order valence-corrected chi connectivity index (χ0v) is 16.0. The van der Waals surface area contributed by atoms with E-state index in [1.807, 2.05) is 53.0 Å². The predicted molar refractivity (Wildman–Crippen MR) is 106 cm³/mol. The van der Waals surface area contributed by atoms with E-state index in [4.69, 9.17) is 0 Å². The van der Waals surface area contributed by atoms with Crippen molar-refractivity contribution in [2.75, 3.05) is 19.6 Å². The SMILES string of the molecule is Cl.Cl.Cn1ccnc1C1CNCCN1C(=O)c1cccc2cccnc12. The number of piperazine rings is 1. The van der Waals surface area contributed by atoms with Gasteiger partial charge in [-0.15, -0.1) is 24.8 Å². The lowest BCUT2D eigenvalue weighted by molar-refractivity contribution is 0.0622. The normalized spacial score (nSPS) is 16.7. The van der Waals surface area contributed by atoms with Crippen LogP contribution in [0.25, 0.3) is 10.9 Å². The molecular formula is C18H21Cl2N5O. The third-order valence-corrected chi connectivity index (χ3v) is 4.52. The first-order valence-corrected chi connectivity index (χ1v) is 8.08. The van der Waals surface area contributed by atoms with Gasteiger partial charge >= 0.3 is 0 Å². The first kappa shape index (κ1) is 20.2. The molecular weight excluding hydrogens is 373 g/mol. The van der Waals surface area contributed by atoms with Gasteiger partial charge in [0.1, 0.15) is 11.9 Å². The van der Waals surface area contributed by atoms with Crippen molar-refractivity contribution in [3.63, 3.8) is 0 Å². The van der Waals surface area contributed by atoms with E-state index in [0.29, 0.717) is 18.7 Å². The maximum absolute atomic E-state index is 13.3. The molecule has 1 aromatic carbocycles. The molecule has 4 rings (SSSR count). The number of halogens is 2. The number of hydrogen-bond donors (Lipinski definition) is 1. The molecule has 0 spiro atoms. The monoisotopic (exact) mass is 393 g/mol. The summed E-state index contributed by atoms with van der Waals surface area (Å²) in [5, 5.41) is 4.34. The van der Waals surface area contributed by atoms with Crippen LogP contribution >= 0.6 is 24.8 Å². The number of pyridine rings is 1. The molecule has 1 amide bonds. The zero-order chi connectivity index (χ0) is 16.5. The minimum absolute atomic E-state index is 0. The largest absolute Gasteiger partial charge is 0.336 e. The molecule has 6 nitrogen and oxygen atoms in total. The lowest BCUT2D eigenvalue weighted by atomic mass is 10.1. The highest BCUT2D eigenvalue weighted by Gasteiger charge is 2.31. The number of nitrogens with zero attached hydrogens (tertiary/aromatic N) is 4. The summed E-state index contributed by atoms with van der Waals surface area (Å²) in [6, 6.07) is 9.54. The topological polar surface area (TPSA) is 63.1 Å². The fraction of sp³-hybridized carbons (Fsp3) is 0.278. The van der Waals surface area contributed by atoms with Gasteiger partial charge in [-0.1, -0.05) is 18.2 Å². The smallest absolute Gasteiger partial charge is 0.256 e. The highest BCUT2D eigenvalue weighted by atomic mass is 35.5. The lowest BCUT2D eigenvalue weighted by Crippen LogP contribution is -2.49. The molecule has 1 unspecified atom stereocenters. The van der Waals surface area contributed by atoms with Crippen molar-refractivity contribution < 1.29 is 4.79 Å². The number of carbonyl (C=O) groups excluding carboxylic acids is 1. The van der Waals surface area contributed by atoms with Crippen LogP contribution in [0, 0.1) is 0 Å². The molecule has 1 aliphatic heterocycles. The summed E-state index contributed by atoms with van der Waals surface area (Å²) in [6.07, 6.45) is 5.41. The average molecular weight is 394 g/mol. The number of para-hydroxylation sites is 1. The first-order valence-electron chi connectivity index (χ1n) is 8.08. The molecule has 1 atom stereocenters. The molecule has 138 valence electrons. The Morgan fingerprint density at radius 3 is 2.73 bits per heavy atom. The van der Waals surface area contributed by atoms with Crippen LogP contribution in [-0.4, -0.2) is 45.0 Å². The summed E-state index contributed by atoms with van der Waals surface area (Å²) in [4.78, 5) is 24.0. The van der Waals surface area contributed by atoms with Gasteiger partial charge in [0.15, 0.2) is 0 Å². The van der Waals surface area contributed by atoms with Crippen molar-refractivity contribution in [3.8, 4) is 0 Å². The van der Waals surface area contributed by atoms with Gasteiger partial charge in [-0.2, -0.15) is 0 Å². The van der Waals surface area contributed by atoms with E-state index in [0.717, 1.165) is 23.3 Å². The highest BCUT2D eigenvalue weighted by Crippen LogP contribution is 2.25. The molecule has 1 N–H and O–H groups in total. The van der Waals surface area contributed by atoms with E-state index in [2.05, 4.69) is 15.3 Å². The van der Waals surface area contributed by atoms with Gasteiger partial charge in [0.05, 0.1) is 11.1 Å². The van der Waals surface area contributed by atoms with Gasteiger partial charge in [0.2, 0.25) is 0 Å². The average Bonchev–Trinajstić information content (AvgIpc) is 3.06. The van der Waals surface area contributed by atoms with Crippen molar-refractivity contribution in [2.45, 2.75) is 6.04 Å². The molecule has 0 aliphatic carbocycles. The molecule has 1 aliphatic rings. The van der Waals surface area contributed by atoms with Crippen molar-refractivity contribution in [1.29, 1.82) is 0 Å². The number of carbonyl (C=O) groups is 1. The molecule has 3 heterocycles. The summed E-state index contributed by atoms with van der Waals surface area (Å²) in [7, 11) is 1.96. The van der Waals surface area contributed by atoms with Crippen molar-refractivity contribution >= 4 is 41.6 Å². The minimum atomic E-state index is -0.0785. The summed E-state index contributed by atoms with van der Waals surface area (Å²) in [5.41, 5.74) is 1.40. The standard InChI is InChI=1S/C18H19N5O.2ClH/c1-22-10-9-21-17(22)15-12-19-8-11-23(15)18(24)14-6-2-4-13-5-3-7-20-16(13)14;;/h2-7,9-10,15,19H,8,11-12H2,1H3;2*1H. The number of aromatic nitrogens is 3. The Hall–Kier alpha value is -2.15. The van der Waals surface area contributed by atoms with Crippen LogP contribution in [0.5, 0.6) is 0 Å². The van der Waals surface area contributed by atoms with Crippen molar-refractivity contribution in [1.82, 2.24) is 24.8 Å². The van der Waals surface area contributed by atoms with Gasteiger partial charge in [0, 0.05) is 50.7 Å². The molecule has 0 bridgehead atoms. The van der Waals surface area contributed by atoms with Crippen LogP contribution in [0.3, 0.4) is 0 Å². The Morgan fingerprint density at radius 2 is 1.96 bits per heavy atom. The van der Waals surface area contributed by atoms with Gasteiger partial charge in [-0.25, -0.2) is 4.98 Å². The lowest BCUT2D eigenvalue weighted by Gasteiger charge is -2.36. The second kappa shape index (κ2) is 8.49. The van der Waals surface area contributed by atoms with Crippen LogP contribution in [0.2, 0.25) is 0 Å². The molecule has 2 aromatic heterocycles. The third-order valence-electron chi connectivity index (χ3n) is 4.52. The van der Waals surface area contributed by atoms with E-state index in [-0.39, 0.29) is 36.8 Å². The Morgan fingerprint density at radius 1 is 1.15 bits per heavy atom. The predicted octanol–water partition coefficient (Wildman–Crippen LogP) is 2.60. The maximum Gasteiger partial charge on any atom is 0.256 e. The van der Waals surface area contributed by atoms with Crippen molar-refractivity contribution in [2.24, 2.45) is 7.05 Å². The van der Waals surface area contributed by atoms with E-state index in [9.17, 15) is 4.79 Å². The highest BCUT2D eigenvalue weighted by molar-refractivity contribution is 6.05. The maximum atomic E-state index is 13.3. The molecule has 0 radical (unpaired) electrons. The number of aryl methyl sites for hydroxylation is 1. The number of nitrogens with one attached hydrogen (secondary N) is 1. The molecule has 26 heavy (non-hydrogen) atoms. The van der Waals surface area contributed by atoms with Crippen LogP contribution in [0.4, 0.5) is 0 Å². The van der Waals surface area contributed by atoms with E-state index < -0.39 is 0 Å².